The van der Waals surface area contributed by atoms with Crippen LogP contribution in [0.5, 0.6) is 0 Å². The number of nitrogen functional groups attached to an aromatic ring is 1. The van der Waals surface area contributed by atoms with Crippen LogP contribution in [0.3, 0.4) is 0 Å². The molecule has 0 saturated carbocycles. The predicted octanol–water partition coefficient (Wildman–Crippen LogP) is 2.03. The van der Waals surface area contributed by atoms with Gasteiger partial charge in [0, 0.05) is 20.1 Å². The fourth-order valence-corrected chi connectivity index (χ4v) is 2.31. The molecular formula is C11H20N4OS. The van der Waals surface area contributed by atoms with Crippen molar-refractivity contribution in [2.45, 2.75) is 26.7 Å². The van der Waals surface area contributed by atoms with Crippen LogP contribution in [0, 0.1) is 0 Å². The van der Waals surface area contributed by atoms with Gasteiger partial charge in [-0.2, -0.15) is 0 Å². The maximum Gasteiger partial charge on any atom is 0.267 e. The second-order valence-electron chi connectivity index (χ2n) is 3.89. The third-order valence-corrected chi connectivity index (χ3v) is 3.30. The average Bonchev–Trinajstić information content (AvgIpc) is 2.67. The fraction of sp³-hybridized carbons (Fsp3) is 0.636. The highest BCUT2D eigenvalue weighted by molar-refractivity contribution is 7.18. The topological polar surface area (TPSA) is 71.2 Å². The van der Waals surface area contributed by atoms with Gasteiger partial charge in [-0.25, -0.2) is 4.98 Å². The van der Waals surface area contributed by atoms with Gasteiger partial charge in [0.2, 0.25) is 0 Å². The Bertz CT molecular complexity index is 378. The molecular weight excluding hydrogens is 236 g/mol. The quantitative estimate of drug-likeness (QED) is 0.817. The van der Waals surface area contributed by atoms with Crippen molar-refractivity contribution in [1.29, 1.82) is 0 Å². The SMILES string of the molecule is CCCNc1nc(N)c(C(=O)N(C)CCC)s1. The molecule has 1 aromatic rings. The summed E-state index contributed by atoms with van der Waals surface area (Å²) in [4.78, 5) is 18.4. The number of nitrogens with one attached hydrogen (secondary N) is 1. The van der Waals surface area contributed by atoms with E-state index in [1.54, 1.807) is 11.9 Å². The van der Waals surface area contributed by atoms with E-state index in [9.17, 15) is 4.79 Å². The number of hydrogen-bond donors (Lipinski definition) is 2. The zero-order chi connectivity index (χ0) is 12.8. The summed E-state index contributed by atoms with van der Waals surface area (Å²) in [6.45, 7) is 5.68. The Balaban J connectivity index is 2.76. The lowest BCUT2D eigenvalue weighted by Crippen LogP contribution is -2.27. The van der Waals surface area contributed by atoms with Gasteiger partial charge in [0.05, 0.1) is 0 Å². The summed E-state index contributed by atoms with van der Waals surface area (Å²) in [6.07, 6.45) is 1.94. The number of thiazole rings is 1. The molecule has 3 N–H and O–H groups in total. The van der Waals surface area contributed by atoms with Crippen molar-refractivity contribution in [2.24, 2.45) is 0 Å². The first-order valence-electron chi connectivity index (χ1n) is 5.85. The number of nitrogens with two attached hydrogens (primary N) is 1. The Labute approximate surface area is 106 Å². The second kappa shape index (κ2) is 6.44. The van der Waals surface area contributed by atoms with E-state index in [2.05, 4.69) is 17.2 Å². The molecule has 0 bridgehead atoms. The van der Waals surface area contributed by atoms with Gasteiger partial charge in [-0.15, -0.1) is 0 Å². The molecule has 0 radical (unpaired) electrons. The van der Waals surface area contributed by atoms with E-state index in [0.29, 0.717) is 10.7 Å². The van der Waals surface area contributed by atoms with Crippen LogP contribution in [0.15, 0.2) is 0 Å². The third kappa shape index (κ3) is 3.59. The summed E-state index contributed by atoms with van der Waals surface area (Å²) >= 11 is 1.32. The summed E-state index contributed by atoms with van der Waals surface area (Å²) in [7, 11) is 1.78. The Morgan fingerprint density at radius 3 is 2.76 bits per heavy atom. The van der Waals surface area contributed by atoms with Gasteiger partial charge in [-0.3, -0.25) is 4.79 Å². The van der Waals surface area contributed by atoms with E-state index in [-0.39, 0.29) is 5.91 Å². The number of anilines is 2. The van der Waals surface area contributed by atoms with Crippen molar-refractivity contribution >= 4 is 28.2 Å². The average molecular weight is 256 g/mol. The lowest BCUT2D eigenvalue weighted by Gasteiger charge is -2.14. The number of carbonyl (C=O) groups is 1. The third-order valence-electron chi connectivity index (χ3n) is 2.28. The summed E-state index contributed by atoms with van der Waals surface area (Å²) < 4.78 is 0. The number of rotatable bonds is 6. The van der Waals surface area contributed by atoms with Gasteiger partial charge in [0.1, 0.15) is 10.7 Å². The minimum atomic E-state index is -0.0496. The van der Waals surface area contributed by atoms with Crippen molar-refractivity contribution < 1.29 is 4.79 Å². The van der Waals surface area contributed by atoms with Crippen molar-refractivity contribution in [3.8, 4) is 0 Å². The molecule has 17 heavy (non-hydrogen) atoms. The Morgan fingerprint density at radius 1 is 1.47 bits per heavy atom. The molecule has 96 valence electrons. The van der Waals surface area contributed by atoms with Crippen LogP contribution in [0.1, 0.15) is 36.4 Å². The van der Waals surface area contributed by atoms with Crippen LogP contribution in [0.25, 0.3) is 0 Å². The number of carbonyl (C=O) groups excluding carboxylic acids is 1. The molecule has 0 aliphatic carbocycles. The maximum absolute atomic E-state index is 12.0. The maximum atomic E-state index is 12.0. The molecule has 0 aliphatic rings. The second-order valence-corrected chi connectivity index (χ2v) is 4.89. The van der Waals surface area contributed by atoms with Crippen molar-refractivity contribution in [1.82, 2.24) is 9.88 Å². The molecule has 1 heterocycles. The molecule has 1 amide bonds. The normalized spacial score (nSPS) is 10.3. The number of aromatic nitrogens is 1. The van der Waals surface area contributed by atoms with Crippen LogP contribution in [0.4, 0.5) is 10.9 Å². The Hall–Kier alpha value is -1.30. The van der Waals surface area contributed by atoms with Crippen molar-refractivity contribution in [2.75, 3.05) is 31.2 Å². The van der Waals surface area contributed by atoms with E-state index < -0.39 is 0 Å². The molecule has 0 spiro atoms. The smallest absolute Gasteiger partial charge is 0.267 e. The Kier molecular flexibility index (Phi) is 5.21. The first kappa shape index (κ1) is 13.8. The van der Waals surface area contributed by atoms with E-state index >= 15 is 0 Å². The zero-order valence-corrected chi connectivity index (χ0v) is 11.4. The van der Waals surface area contributed by atoms with Crippen LogP contribution in [-0.4, -0.2) is 35.9 Å². The minimum Gasteiger partial charge on any atom is -0.382 e. The van der Waals surface area contributed by atoms with Crippen molar-refractivity contribution in [3.63, 3.8) is 0 Å². The van der Waals surface area contributed by atoms with Gasteiger partial charge in [0.15, 0.2) is 5.13 Å². The molecule has 0 unspecified atom stereocenters. The molecule has 0 fully saturated rings. The zero-order valence-electron chi connectivity index (χ0n) is 10.6. The van der Waals surface area contributed by atoms with E-state index in [1.165, 1.54) is 11.3 Å². The molecule has 1 rings (SSSR count). The Morgan fingerprint density at radius 2 is 2.18 bits per heavy atom. The van der Waals surface area contributed by atoms with Gasteiger partial charge < -0.3 is 16.0 Å². The van der Waals surface area contributed by atoms with Gasteiger partial charge in [-0.05, 0) is 12.8 Å². The van der Waals surface area contributed by atoms with E-state index in [0.717, 1.165) is 31.1 Å². The largest absolute Gasteiger partial charge is 0.382 e. The highest BCUT2D eigenvalue weighted by Crippen LogP contribution is 2.26. The van der Waals surface area contributed by atoms with Crippen LogP contribution in [0.2, 0.25) is 0 Å². The molecule has 0 aromatic carbocycles. The molecule has 6 heteroatoms. The predicted molar refractivity (Wildman–Crippen MR) is 72.6 cm³/mol. The van der Waals surface area contributed by atoms with E-state index in [4.69, 9.17) is 5.73 Å². The molecule has 5 nitrogen and oxygen atoms in total. The molecule has 0 aliphatic heterocycles. The number of hydrogen-bond acceptors (Lipinski definition) is 5. The highest BCUT2D eigenvalue weighted by Gasteiger charge is 2.18. The van der Waals surface area contributed by atoms with Crippen molar-refractivity contribution in [3.05, 3.63) is 4.88 Å². The van der Waals surface area contributed by atoms with E-state index in [1.807, 2.05) is 6.92 Å². The summed E-state index contributed by atoms with van der Waals surface area (Å²) in [5.74, 6) is 0.271. The van der Waals surface area contributed by atoms with Gasteiger partial charge in [0.25, 0.3) is 5.91 Å². The number of amides is 1. The highest BCUT2D eigenvalue weighted by atomic mass is 32.1. The van der Waals surface area contributed by atoms with Gasteiger partial charge >= 0.3 is 0 Å². The monoisotopic (exact) mass is 256 g/mol. The standard InChI is InChI=1S/C11H20N4OS/c1-4-6-13-11-14-9(12)8(17-11)10(16)15(3)7-5-2/h4-7,12H2,1-3H3,(H,13,14). The first-order chi connectivity index (χ1) is 8.10. The first-order valence-corrected chi connectivity index (χ1v) is 6.67. The lowest BCUT2D eigenvalue weighted by atomic mass is 10.4. The lowest BCUT2D eigenvalue weighted by molar-refractivity contribution is 0.0800. The summed E-state index contributed by atoms with van der Waals surface area (Å²) in [5.41, 5.74) is 5.76. The summed E-state index contributed by atoms with van der Waals surface area (Å²) in [6, 6.07) is 0. The fourth-order valence-electron chi connectivity index (χ4n) is 1.40. The number of nitrogens with zero attached hydrogens (tertiary/aromatic N) is 2. The summed E-state index contributed by atoms with van der Waals surface area (Å²) in [5, 5.41) is 3.86. The molecule has 0 atom stereocenters. The van der Waals surface area contributed by atoms with Gasteiger partial charge in [-0.1, -0.05) is 25.2 Å². The molecule has 0 saturated heterocycles. The van der Waals surface area contributed by atoms with Crippen LogP contribution < -0.4 is 11.1 Å². The van der Waals surface area contributed by atoms with Crippen LogP contribution in [-0.2, 0) is 0 Å². The molecule has 1 aromatic heterocycles. The van der Waals surface area contributed by atoms with Crippen LogP contribution >= 0.6 is 11.3 Å². The minimum absolute atomic E-state index is 0.0496.